The second-order valence-corrected chi connectivity index (χ2v) is 9.09. The number of Topliss-reactive ketones (excluding diaryl/α,β-unsaturated/α-hetero) is 1. The van der Waals surface area contributed by atoms with Crippen LogP contribution in [0, 0.1) is 44.3 Å². The number of hydrogen-bond donors (Lipinski definition) is 0. The maximum atomic E-state index is 13.5. The van der Waals surface area contributed by atoms with Crippen LogP contribution in [0.5, 0.6) is 0 Å². The van der Waals surface area contributed by atoms with Gasteiger partial charge >= 0.3 is 0 Å². The minimum atomic E-state index is -1.87. The van der Waals surface area contributed by atoms with E-state index in [9.17, 15) is 20.1 Å². The summed E-state index contributed by atoms with van der Waals surface area (Å²) in [4.78, 5) is 28.0. The Balaban J connectivity index is 2.88. The molecular weight excluding hydrogens is 310 g/mol. The summed E-state index contributed by atoms with van der Waals surface area (Å²) in [6, 6.07) is 4.20. The number of ketones is 1. The van der Waals surface area contributed by atoms with Gasteiger partial charge in [0.05, 0.1) is 12.1 Å². The monoisotopic (exact) mass is 331 g/mol. The Labute approximate surface area is 141 Å². The lowest BCUT2D eigenvalue weighted by Gasteiger charge is -2.54. The second-order valence-electron chi connectivity index (χ2n) is 8.10. The Morgan fingerprint density at radius 3 is 2.04 bits per heavy atom. The molecule has 0 bridgehead atoms. The largest absolute Gasteiger partial charge is 0.302 e. The van der Waals surface area contributed by atoms with Gasteiger partial charge in [0, 0.05) is 6.20 Å². The molecule has 0 aliphatic carbocycles. The highest BCUT2D eigenvalue weighted by Crippen LogP contribution is 2.60. The van der Waals surface area contributed by atoms with E-state index in [2.05, 4.69) is 6.07 Å². The summed E-state index contributed by atoms with van der Waals surface area (Å²) < 4.78 is 0. The van der Waals surface area contributed by atoms with E-state index < -0.39 is 38.7 Å². The van der Waals surface area contributed by atoms with Crippen LogP contribution in [0.3, 0.4) is 0 Å². The van der Waals surface area contributed by atoms with E-state index in [-0.39, 0.29) is 0 Å². The van der Waals surface area contributed by atoms with Crippen molar-refractivity contribution in [3.05, 3.63) is 11.6 Å². The molecule has 6 heteroatoms. The number of fused-ring (bicyclic) bond motifs is 1. The fraction of sp³-hybridized carbons (Fsp3) is 0.647. The number of carbonyl (C=O) groups is 2. The van der Waals surface area contributed by atoms with Gasteiger partial charge in [0.2, 0.25) is 5.41 Å². The molecule has 0 saturated carbocycles. The van der Waals surface area contributed by atoms with Crippen LogP contribution >= 0.6 is 11.8 Å². The van der Waals surface area contributed by atoms with Gasteiger partial charge in [0.15, 0.2) is 11.2 Å². The van der Waals surface area contributed by atoms with Gasteiger partial charge in [0.1, 0.15) is 5.37 Å². The summed E-state index contributed by atoms with van der Waals surface area (Å²) in [7, 11) is 0. The van der Waals surface area contributed by atoms with Gasteiger partial charge in [0.25, 0.3) is 5.91 Å². The van der Waals surface area contributed by atoms with Crippen molar-refractivity contribution in [2.75, 3.05) is 0 Å². The zero-order valence-electron chi connectivity index (χ0n) is 14.3. The molecule has 0 radical (unpaired) electrons. The molecule has 2 heterocycles. The van der Waals surface area contributed by atoms with E-state index in [1.807, 2.05) is 26.8 Å². The maximum absolute atomic E-state index is 13.5. The van der Waals surface area contributed by atoms with Gasteiger partial charge < -0.3 is 4.90 Å². The van der Waals surface area contributed by atoms with Gasteiger partial charge in [-0.05, 0) is 16.2 Å². The van der Waals surface area contributed by atoms with Crippen LogP contribution in [0.1, 0.15) is 41.5 Å². The van der Waals surface area contributed by atoms with E-state index in [0.717, 1.165) is 0 Å². The van der Waals surface area contributed by atoms with Crippen molar-refractivity contribution in [3.63, 3.8) is 0 Å². The second kappa shape index (κ2) is 4.85. The number of nitriles is 2. The van der Waals surface area contributed by atoms with Crippen LogP contribution < -0.4 is 0 Å². The fourth-order valence-electron chi connectivity index (χ4n) is 3.41. The van der Waals surface area contributed by atoms with Crippen LogP contribution in [0.2, 0.25) is 0 Å². The number of nitrogens with zero attached hydrogens (tertiary/aromatic N) is 3. The Hall–Kier alpha value is -1.79. The predicted molar refractivity (Wildman–Crippen MR) is 87.4 cm³/mol. The Morgan fingerprint density at radius 2 is 1.65 bits per heavy atom. The third kappa shape index (κ3) is 1.85. The molecule has 0 aromatic rings. The molecule has 0 spiro atoms. The zero-order valence-corrected chi connectivity index (χ0v) is 15.1. The third-order valence-electron chi connectivity index (χ3n) is 4.96. The minimum absolute atomic E-state index is 0.529. The standard InChI is InChI=1S/C17H21N3O2S/c1-14(2,3)16(9-18)11(21)17(10-19,15(4,5)6)13-20(12(16)22)7-8-23-13/h7-8,13H,1-6H3/t13-,16+,17+/m0/s1. The molecule has 1 saturated heterocycles. The molecule has 5 nitrogen and oxygen atoms in total. The first-order valence-corrected chi connectivity index (χ1v) is 8.38. The molecule has 1 fully saturated rings. The summed E-state index contributed by atoms with van der Waals surface area (Å²) in [6.07, 6.45) is 1.58. The van der Waals surface area contributed by atoms with Crippen molar-refractivity contribution in [3.8, 4) is 12.1 Å². The lowest BCUT2D eigenvalue weighted by atomic mass is 9.51. The number of thioether (sulfide) groups is 1. The van der Waals surface area contributed by atoms with Crippen molar-refractivity contribution in [1.82, 2.24) is 4.90 Å². The first-order chi connectivity index (χ1) is 10.4. The molecule has 1 amide bonds. The van der Waals surface area contributed by atoms with Crippen LogP contribution in [-0.4, -0.2) is 22.0 Å². The first kappa shape index (κ1) is 17.6. The van der Waals surface area contributed by atoms with Crippen molar-refractivity contribution in [1.29, 1.82) is 10.5 Å². The zero-order chi connectivity index (χ0) is 17.8. The van der Waals surface area contributed by atoms with E-state index in [0.29, 0.717) is 0 Å². The SMILES string of the molecule is CC(C)(C)[C@@]1(C#N)C(=O)N2C=CS[C@H]2[C@](C#N)(C(C)(C)C)C1=O. The third-order valence-corrected chi connectivity index (χ3v) is 6.08. The highest BCUT2D eigenvalue weighted by Gasteiger charge is 2.73. The molecule has 0 unspecified atom stereocenters. The molecule has 0 aromatic heterocycles. The lowest BCUT2D eigenvalue weighted by Crippen LogP contribution is -2.70. The molecule has 0 N–H and O–H groups in total. The molecule has 2 aliphatic heterocycles. The van der Waals surface area contributed by atoms with Crippen LogP contribution in [0.4, 0.5) is 0 Å². The van der Waals surface area contributed by atoms with Crippen LogP contribution in [0.15, 0.2) is 11.6 Å². The highest BCUT2D eigenvalue weighted by atomic mass is 32.2. The van der Waals surface area contributed by atoms with E-state index in [4.69, 9.17) is 0 Å². The number of carbonyl (C=O) groups excluding carboxylic acids is 2. The molecule has 0 aromatic carbocycles. The van der Waals surface area contributed by atoms with Crippen molar-refractivity contribution < 1.29 is 9.59 Å². The topological polar surface area (TPSA) is 85.0 Å². The van der Waals surface area contributed by atoms with Crippen LogP contribution in [0.25, 0.3) is 0 Å². The number of rotatable bonds is 0. The molecular formula is C17H21N3O2S. The smallest absolute Gasteiger partial charge is 0.256 e. The summed E-state index contributed by atoms with van der Waals surface area (Å²) in [5.74, 6) is -1.10. The van der Waals surface area contributed by atoms with E-state index in [1.165, 1.54) is 16.7 Å². The summed E-state index contributed by atoms with van der Waals surface area (Å²) in [5, 5.41) is 21.0. The summed E-state index contributed by atoms with van der Waals surface area (Å²) in [5.41, 5.74) is -4.98. The van der Waals surface area contributed by atoms with Gasteiger partial charge in [-0.3, -0.25) is 9.59 Å². The fourth-order valence-corrected chi connectivity index (χ4v) is 4.78. The van der Waals surface area contributed by atoms with Gasteiger partial charge in [-0.2, -0.15) is 10.5 Å². The van der Waals surface area contributed by atoms with Crippen molar-refractivity contribution >= 4 is 23.5 Å². The normalized spacial score (nSPS) is 34.1. The average Bonchev–Trinajstić information content (AvgIpc) is 2.87. The van der Waals surface area contributed by atoms with Crippen molar-refractivity contribution in [2.45, 2.75) is 46.9 Å². The molecule has 2 aliphatic rings. The molecule has 3 atom stereocenters. The van der Waals surface area contributed by atoms with Crippen LogP contribution in [-0.2, 0) is 9.59 Å². The number of piperidine rings is 1. The molecule has 23 heavy (non-hydrogen) atoms. The Bertz CT molecular complexity index is 687. The average molecular weight is 331 g/mol. The maximum Gasteiger partial charge on any atom is 0.256 e. The van der Waals surface area contributed by atoms with Gasteiger partial charge in [-0.1, -0.05) is 41.5 Å². The summed E-state index contributed by atoms with van der Waals surface area (Å²) >= 11 is 1.29. The lowest BCUT2D eigenvalue weighted by molar-refractivity contribution is -0.168. The quantitative estimate of drug-likeness (QED) is 0.637. The number of hydrogen-bond acceptors (Lipinski definition) is 5. The highest BCUT2D eigenvalue weighted by molar-refractivity contribution is 8.03. The first-order valence-electron chi connectivity index (χ1n) is 7.44. The molecule has 2 rings (SSSR count). The Kier molecular flexibility index (Phi) is 3.70. The Morgan fingerprint density at radius 1 is 1.09 bits per heavy atom. The minimum Gasteiger partial charge on any atom is -0.302 e. The van der Waals surface area contributed by atoms with E-state index >= 15 is 0 Å². The summed E-state index contributed by atoms with van der Waals surface area (Å²) in [6.45, 7) is 10.5. The predicted octanol–water partition coefficient (Wildman–Crippen LogP) is 3.05. The van der Waals surface area contributed by atoms with Gasteiger partial charge in [-0.15, -0.1) is 11.8 Å². The van der Waals surface area contributed by atoms with E-state index in [1.54, 1.807) is 32.4 Å². The number of amides is 1. The molecule has 122 valence electrons. The van der Waals surface area contributed by atoms with Gasteiger partial charge in [-0.25, -0.2) is 0 Å². The van der Waals surface area contributed by atoms with Crippen molar-refractivity contribution in [2.24, 2.45) is 21.7 Å².